The van der Waals surface area contributed by atoms with Crippen LogP contribution in [0.25, 0.3) is 0 Å². The smallest absolute Gasteiger partial charge is 0.230 e. The van der Waals surface area contributed by atoms with Crippen LogP contribution in [0.1, 0.15) is 33.1 Å². The number of unbranched alkanes of at least 4 members (excludes halogenated alkanes) is 1. The number of carbonyl (C=O) groups is 1. The molecule has 0 aliphatic heterocycles. The standard InChI is InChI=1S/C10H18N2OS/c1-3-9(2)12-10(13)8-14-7-5-4-6-11/h9H,3-5,7-8H2,1-2H3,(H,12,13). The number of amides is 1. The largest absolute Gasteiger partial charge is 0.353 e. The quantitative estimate of drug-likeness (QED) is 0.659. The molecule has 3 nitrogen and oxygen atoms in total. The molecule has 0 fully saturated rings. The SMILES string of the molecule is CCC(C)NC(=O)CSCCCC#N. The van der Waals surface area contributed by atoms with Crippen LogP contribution in [0.5, 0.6) is 0 Å². The molecule has 0 saturated carbocycles. The maximum atomic E-state index is 11.2. The van der Waals surface area contributed by atoms with Crippen molar-refractivity contribution in [2.75, 3.05) is 11.5 Å². The van der Waals surface area contributed by atoms with Crippen molar-refractivity contribution in [3.63, 3.8) is 0 Å². The van der Waals surface area contributed by atoms with E-state index < -0.39 is 0 Å². The number of rotatable bonds is 7. The van der Waals surface area contributed by atoms with Crippen LogP contribution in [0, 0.1) is 11.3 Å². The van der Waals surface area contributed by atoms with Crippen molar-refractivity contribution in [2.45, 2.75) is 39.2 Å². The third-order valence-electron chi connectivity index (χ3n) is 1.83. The molecule has 14 heavy (non-hydrogen) atoms. The molecule has 4 heteroatoms. The van der Waals surface area contributed by atoms with Gasteiger partial charge in [-0.3, -0.25) is 4.79 Å². The minimum absolute atomic E-state index is 0.0984. The number of nitrogens with one attached hydrogen (secondary N) is 1. The van der Waals surface area contributed by atoms with Crippen molar-refractivity contribution in [3.05, 3.63) is 0 Å². The molecule has 0 rings (SSSR count). The molecule has 0 spiro atoms. The van der Waals surface area contributed by atoms with Gasteiger partial charge in [-0.2, -0.15) is 17.0 Å². The summed E-state index contributed by atoms with van der Waals surface area (Å²) in [5.74, 6) is 1.50. The lowest BCUT2D eigenvalue weighted by atomic mass is 10.3. The highest BCUT2D eigenvalue weighted by Gasteiger charge is 2.04. The van der Waals surface area contributed by atoms with Gasteiger partial charge in [0.15, 0.2) is 0 Å². The Hall–Kier alpha value is -0.690. The van der Waals surface area contributed by atoms with Crippen molar-refractivity contribution in [2.24, 2.45) is 0 Å². The van der Waals surface area contributed by atoms with Crippen molar-refractivity contribution in [1.29, 1.82) is 5.26 Å². The van der Waals surface area contributed by atoms with E-state index in [-0.39, 0.29) is 11.9 Å². The number of nitrogens with zero attached hydrogens (tertiary/aromatic N) is 1. The molecule has 1 unspecified atom stereocenters. The average molecular weight is 214 g/mol. The van der Waals surface area contributed by atoms with Crippen molar-refractivity contribution < 1.29 is 4.79 Å². The van der Waals surface area contributed by atoms with E-state index in [1.54, 1.807) is 11.8 Å². The lowest BCUT2D eigenvalue weighted by Crippen LogP contribution is -2.33. The minimum Gasteiger partial charge on any atom is -0.353 e. The van der Waals surface area contributed by atoms with Gasteiger partial charge in [-0.05, 0) is 25.5 Å². The first-order valence-corrected chi connectivity index (χ1v) is 6.10. The summed E-state index contributed by atoms with van der Waals surface area (Å²) in [5, 5.41) is 11.2. The highest BCUT2D eigenvalue weighted by Crippen LogP contribution is 2.03. The normalized spacial score (nSPS) is 11.8. The molecule has 80 valence electrons. The molecule has 0 heterocycles. The number of hydrogen-bond acceptors (Lipinski definition) is 3. The molecule has 0 aliphatic carbocycles. The van der Waals surface area contributed by atoms with E-state index in [1.165, 1.54) is 0 Å². The van der Waals surface area contributed by atoms with Crippen LogP contribution < -0.4 is 5.32 Å². The van der Waals surface area contributed by atoms with Crippen LogP contribution in [-0.4, -0.2) is 23.5 Å². The van der Waals surface area contributed by atoms with Gasteiger partial charge in [0.1, 0.15) is 0 Å². The molecule has 1 atom stereocenters. The van der Waals surface area contributed by atoms with Gasteiger partial charge in [0.05, 0.1) is 11.8 Å². The van der Waals surface area contributed by atoms with E-state index >= 15 is 0 Å². The second kappa shape index (κ2) is 8.89. The summed E-state index contributed by atoms with van der Waals surface area (Å²) in [7, 11) is 0. The molecular weight excluding hydrogens is 196 g/mol. The fourth-order valence-electron chi connectivity index (χ4n) is 0.837. The summed E-state index contributed by atoms with van der Waals surface area (Å²) in [6, 6.07) is 2.35. The molecule has 1 amide bonds. The minimum atomic E-state index is 0.0984. The van der Waals surface area contributed by atoms with Crippen LogP contribution >= 0.6 is 11.8 Å². The highest BCUT2D eigenvalue weighted by molar-refractivity contribution is 7.99. The Balaban J connectivity index is 3.32. The van der Waals surface area contributed by atoms with Gasteiger partial charge in [0, 0.05) is 12.5 Å². The molecule has 1 N–H and O–H groups in total. The third-order valence-corrected chi connectivity index (χ3v) is 2.87. The maximum Gasteiger partial charge on any atom is 0.230 e. The fraction of sp³-hybridized carbons (Fsp3) is 0.800. The van der Waals surface area contributed by atoms with E-state index in [0.717, 1.165) is 18.6 Å². The van der Waals surface area contributed by atoms with Gasteiger partial charge < -0.3 is 5.32 Å². The molecular formula is C10H18N2OS. The van der Waals surface area contributed by atoms with E-state index in [0.29, 0.717) is 12.2 Å². The Morgan fingerprint density at radius 2 is 2.36 bits per heavy atom. The number of hydrogen-bond donors (Lipinski definition) is 1. The molecule has 0 aromatic carbocycles. The van der Waals surface area contributed by atoms with Crippen LogP contribution in [-0.2, 0) is 4.79 Å². The number of thioether (sulfide) groups is 1. The molecule has 0 radical (unpaired) electrons. The van der Waals surface area contributed by atoms with E-state index in [1.807, 2.05) is 13.8 Å². The Bertz CT molecular complexity index is 201. The van der Waals surface area contributed by atoms with Gasteiger partial charge >= 0.3 is 0 Å². The second-order valence-electron chi connectivity index (χ2n) is 3.19. The lowest BCUT2D eigenvalue weighted by molar-refractivity contribution is -0.119. The van der Waals surface area contributed by atoms with E-state index in [2.05, 4.69) is 11.4 Å². The van der Waals surface area contributed by atoms with Crippen LogP contribution in [0.2, 0.25) is 0 Å². The predicted molar refractivity (Wildman–Crippen MR) is 60.1 cm³/mol. The Kier molecular flexibility index (Phi) is 8.45. The average Bonchev–Trinajstić information content (AvgIpc) is 2.17. The summed E-state index contributed by atoms with van der Waals surface area (Å²) in [6.07, 6.45) is 2.42. The Morgan fingerprint density at radius 3 is 2.93 bits per heavy atom. The molecule has 0 aliphatic rings. The predicted octanol–water partition coefficient (Wildman–Crippen LogP) is 1.94. The Morgan fingerprint density at radius 1 is 1.64 bits per heavy atom. The molecule has 0 aromatic rings. The summed E-state index contributed by atoms with van der Waals surface area (Å²) in [4.78, 5) is 11.2. The first-order valence-electron chi connectivity index (χ1n) is 4.94. The second-order valence-corrected chi connectivity index (χ2v) is 4.30. The van der Waals surface area contributed by atoms with Gasteiger partial charge in [0.25, 0.3) is 0 Å². The monoisotopic (exact) mass is 214 g/mol. The number of nitriles is 1. The zero-order chi connectivity index (χ0) is 10.8. The molecule has 0 bridgehead atoms. The van der Waals surface area contributed by atoms with Crippen molar-refractivity contribution >= 4 is 17.7 Å². The summed E-state index contributed by atoms with van der Waals surface area (Å²) >= 11 is 1.59. The van der Waals surface area contributed by atoms with Gasteiger partial charge in [-0.1, -0.05) is 6.92 Å². The first-order chi connectivity index (χ1) is 6.70. The van der Waals surface area contributed by atoms with Gasteiger partial charge in [-0.25, -0.2) is 0 Å². The summed E-state index contributed by atoms with van der Waals surface area (Å²) in [6.45, 7) is 4.04. The summed E-state index contributed by atoms with van der Waals surface area (Å²) in [5.41, 5.74) is 0. The van der Waals surface area contributed by atoms with Crippen molar-refractivity contribution in [3.8, 4) is 6.07 Å². The van der Waals surface area contributed by atoms with Crippen LogP contribution in [0.15, 0.2) is 0 Å². The van der Waals surface area contributed by atoms with E-state index in [9.17, 15) is 4.79 Å². The van der Waals surface area contributed by atoms with E-state index in [4.69, 9.17) is 5.26 Å². The third kappa shape index (κ3) is 7.93. The van der Waals surface area contributed by atoms with Gasteiger partial charge in [0.2, 0.25) is 5.91 Å². The first kappa shape index (κ1) is 13.3. The van der Waals surface area contributed by atoms with Crippen molar-refractivity contribution in [1.82, 2.24) is 5.32 Å². The molecule has 0 aromatic heterocycles. The lowest BCUT2D eigenvalue weighted by Gasteiger charge is -2.10. The zero-order valence-electron chi connectivity index (χ0n) is 8.88. The maximum absolute atomic E-state index is 11.2. The Labute approximate surface area is 90.3 Å². The van der Waals surface area contributed by atoms with Crippen LogP contribution in [0.3, 0.4) is 0 Å². The highest BCUT2D eigenvalue weighted by atomic mass is 32.2. The molecule has 0 saturated heterocycles. The summed E-state index contributed by atoms with van der Waals surface area (Å²) < 4.78 is 0. The van der Waals surface area contributed by atoms with Gasteiger partial charge in [-0.15, -0.1) is 0 Å². The zero-order valence-corrected chi connectivity index (χ0v) is 9.69. The number of carbonyl (C=O) groups excluding carboxylic acids is 1. The fourth-order valence-corrected chi connectivity index (χ4v) is 1.60. The van der Waals surface area contributed by atoms with Crippen LogP contribution in [0.4, 0.5) is 0 Å². The topological polar surface area (TPSA) is 52.9 Å².